The number of hydrogen-bond donors (Lipinski definition) is 0. The monoisotopic (exact) mass is 297 g/mol. The van der Waals surface area contributed by atoms with E-state index in [0.29, 0.717) is 11.3 Å². The molecule has 0 aromatic carbocycles. The Morgan fingerprint density at radius 2 is 1.81 bits per heavy atom. The summed E-state index contributed by atoms with van der Waals surface area (Å²) in [6, 6.07) is 0. The number of allylic oxidation sites excluding steroid dienone is 1. The predicted molar refractivity (Wildman–Crippen MR) is 78.3 cm³/mol. The number of imide groups is 1. The number of ether oxygens (including phenoxy) is 2. The fourth-order valence-corrected chi connectivity index (χ4v) is 1.31. The SMILES string of the molecule is C=CCCC(=O)N(C(=C)C(=O)OCC)C(=O)OC(C)(C)C. The molecular formula is C15H23NO5. The van der Waals surface area contributed by atoms with E-state index in [1.807, 2.05) is 0 Å². The lowest BCUT2D eigenvalue weighted by Gasteiger charge is -2.26. The minimum absolute atomic E-state index is 0.0150. The maximum atomic E-state index is 12.1. The van der Waals surface area contributed by atoms with Crippen LogP contribution in [0.5, 0.6) is 0 Å². The van der Waals surface area contributed by atoms with Gasteiger partial charge in [-0.05, 0) is 34.1 Å². The van der Waals surface area contributed by atoms with E-state index >= 15 is 0 Å². The van der Waals surface area contributed by atoms with Crippen molar-refractivity contribution < 1.29 is 23.9 Å². The second-order valence-corrected chi connectivity index (χ2v) is 5.20. The molecule has 21 heavy (non-hydrogen) atoms. The first-order chi connectivity index (χ1) is 9.64. The Morgan fingerprint density at radius 1 is 1.24 bits per heavy atom. The van der Waals surface area contributed by atoms with Crippen molar-refractivity contribution in [3.63, 3.8) is 0 Å². The summed E-state index contributed by atoms with van der Waals surface area (Å²) >= 11 is 0. The number of nitrogens with zero attached hydrogens (tertiary/aromatic N) is 1. The number of carbonyl (C=O) groups is 3. The molecule has 0 atom stereocenters. The van der Waals surface area contributed by atoms with Crippen LogP contribution in [0.15, 0.2) is 24.9 Å². The molecule has 0 saturated carbocycles. The topological polar surface area (TPSA) is 72.9 Å². The van der Waals surface area contributed by atoms with Crippen LogP contribution in [0.2, 0.25) is 0 Å². The maximum absolute atomic E-state index is 12.1. The van der Waals surface area contributed by atoms with E-state index in [4.69, 9.17) is 9.47 Å². The molecule has 0 aliphatic carbocycles. The molecule has 0 rings (SSSR count). The second-order valence-electron chi connectivity index (χ2n) is 5.20. The van der Waals surface area contributed by atoms with Crippen LogP contribution < -0.4 is 0 Å². The van der Waals surface area contributed by atoms with Gasteiger partial charge in [-0.2, -0.15) is 0 Å². The van der Waals surface area contributed by atoms with Gasteiger partial charge in [-0.15, -0.1) is 6.58 Å². The zero-order valence-corrected chi connectivity index (χ0v) is 13.1. The Kier molecular flexibility index (Phi) is 7.41. The minimum Gasteiger partial charge on any atom is -0.461 e. The first kappa shape index (κ1) is 18.9. The van der Waals surface area contributed by atoms with Gasteiger partial charge in [0.2, 0.25) is 5.91 Å². The van der Waals surface area contributed by atoms with Crippen molar-refractivity contribution in [3.05, 3.63) is 24.9 Å². The molecule has 0 fully saturated rings. The Hall–Kier alpha value is -2.11. The lowest BCUT2D eigenvalue weighted by molar-refractivity contribution is -0.143. The van der Waals surface area contributed by atoms with Crippen LogP contribution in [-0.4, -0.2) is 35.1 Å². The Bertz CT molecular complexity index is 434. The van der Waals surface area contributed by atoms with Gasteiger partial charge in [0.15, 0.2) is 0 Å². The fourth-order valence-electron chi connectivity index (χ4n) is 1.31. The Labute approximate surface area is 125 Å². The average Bonchev–Trinajstić information content (AvgIpc) is 2.34. The van der Waals surface area contributed by atoms with Crippen molar-refractivity contribution >= 4 is 18.0 Å². The molecule has 0 aromatic rings. The van der Waals surface area contributed by atoms with E-state index in [0.717, 1.165) is 0 Å². The highest BCUT2D eigenvalue weighted by molar-refractivity contribution is 6.02. The molecule has 0 heterocycles. The van der Waals surface area contributed by atoms with Crippen LogP contribution in [0.3, 0.4) is 0 Å². The Morgan fingerprint density at radius 3 is 2.24 bits per heavy atom. The van der Waals surface area contributed by atoms with Crippen LogP contribution in [-0.2, 0) is 19.1 Å². The highest BCUT2D eigenvalue weighted by atomic mass is 16.6. The van der Waals surface area contributed by atoms with Crippen LogP contribution in [0.4, 0.5) is 4.79 Å². The zero-order chi connectivity index (χ0) is 16.6. The number of amides is 2. The van der Waals surface area contributed by atoms with E-state index in [1.165, 1.54) is 6.08 Å². The van der Waals surface area contributed by atoms with Gasteiger partial charge >= 0.3 is 12.1 Å². The minimum atomic E-state index is -0.949. The third-order valence-corrected chi connectivity index (χ3v) is 2.17. The van der Waals surface area contributed by atoms with Crippen molar-refractivity contribution in [2.75, 3.05) is 6.61 Å². The fraction of sp³-hybridized carbons (Fsp3) is 0.533. The van der Waals surface area contributed by atoms with Gasteiger partial charge in [0.05, 0.1) is 6.61 Å². The molecule has 0 saturated heterocycles. The predicted octanol–water partition coefficient (Wildman–Crippen LogP) is 2.79. The van der Waals surface area contributed by atoms with E-state index in [-0.39, 0.29) is 18.7 Å². The van der Waals surface area contributed by atoms with Crippen molar-refractivity contribution in [3.8, 4) is 0 Å². The van der Waals surface area contributed by atoms with Crippen LogP contribution >= 0.6 is 0 Å². The first-order valence-electron chi connectivity index (χ1n) is 6.66. The summed E-state index contributed by atoms with van der Waals surface area (Å²) in [7, 11) is 0. The van der Waals surface area contributed by atoms with Gasteiger partial charge in [-0.3, -0.25) is 4.79 Å². The normalized spacial score (nSPS) is 10.5. The average molecular weight is 297 g/mol. The van der Waals surface area contributed by atoms with Crippen molar-refractivity contribution in [2.45, 2.75) is 46.1 Å². The molecule has 6 nitrogen and oxygen atoms in total. The molecule has 0 unspecified atom stereocenters. The van der Waals surface area contributed by atoms with Crippen LogP contribution in [0, 0.1) is 0 Å². The van der Waals surface area contributed by atoms with Crippen molar-refractivity contribution in [1.29, 1.82) is 0 Å². The standard InChI is InChI=1S/C15H23NO5/c1-7-9-10-12(17)16(11(3)13(18)20-8-2)14(19)21-15(4,5)6/h7H,1,3,8-10H2,2,4-6H3. The van der Waals surface area contributed by atoms with Crippen LogP contribution in [0.1, 0.15) is 40.5 Å². The van der Waals surface area contributed by atoms with E-state index in [2.05, 4.69) is 13.2 Å². The Balaban J connectivity index is 5.22. The van der Waals surface area contributed by atoms with Crippen LogP contribution in [0.25, 0.3) is 0 Å². The molecule has 0 spiro atoms. The van der Waals surface area contributed by atoms with Crippen molar-refractivity contribution in [1.82, 2.24) is 4.90 Å². The molecule has 0 aromatic heterocycles. The zero-order valence-electron chi connectivity index (χ0n) is 13.1. The van der Waals surface area contributed by atoms with Gasteiger partial charge in [0.25, 0.3) is 0 Å². The molecule has 118 valence electrons. The summed E-state index contributed by atoms with van der Waals surface area (Å²) in [6.07, 6.45) is 0.975. The van der Waals surface area contributed by atoms with Gasteiger partial charge in [-0.1, -0.05) is 12.7 Å². The van der Waals surface area contributed by atoms with Gasteiger partial charge in [-0.25, -0.2) is 14.5 Å². The number of esters is 1. The molecule has 0 aliphatic rings. The summed E-state index contributed by atoms with van der Waals surface area (Å²) in [4.78, 5) is 36.5. The summed E-state index contributed by atoms with van der Waals surface area (Å²) < 4.78 is 9.88. The molecule has 6 heteroatoms. The molecule has 0 N–H and O–H groups in total. The number of carbonyl (C=O) groups excluding carboxylic acids is 3. The van der Waals surface area contributed by atoms with Gasteiger partial charge < -0.3 is 9.47 Å². The molecule has 0 aliphatic heterocycles. The van der Waals surface area contributed by atoms with E-state index in [9.17, 15) is 14.4 Å². The molecular weight excluding hydrogens is 274 g/mol. The molecule has 2 amide bonds. The smallest absolute Gasteiger partial charge is 0.421 e. The number of hydrogen-bond acceptors (Lipinski definition) is 5. The third-order valence-electron chi connectivity index (χ3n) is 2.17. The van der Waals surface area contributed by atoms with Gasteiger partial charge in [0, 0.05) is 6.42 Å². The van der Waals surface area contributed by atoms with Crippen molar-refractivity contribution in [2.24, 2.45) is 0 Å². The lowest BCUT2D eigenvalue weighted by atomic mass is 10.2. The summed E-state index contributed by atoms with van der Waals surface area (Å²) in [5.41, 5.74) is -1.16. The number of rotatable bonds is 6. The highest BCUT2D eigenvalue weighted by Gasteiger charge is 2.32. The first-order valence-corrected chi connectivity index (χ1v) is 6.66. The molecule has 0 radical (unpaired) electrons. The summed E-state index contributed by atoms with van der Waals surface area (Å²) in [5, 5.41) is 0. The van der Waals surface area contributed by atoms with Gasteiger partial charge in [0.1, 0.15) is 11.3 Å². The maximum Gasteiger partial charge on any atom is 0.421 e. The second kappa shape index (κ2) is 8.24. The van der Waals surface area contributed by atoms with E-state index < -0.39 is 23.6 Å². The largest absolute Gasteiger partial charge is 0.461 e. The highest BCUT2D eigenvalue weighted by Crippen LogP contribution is 2.16. The lowest BCUT2D eigenvalue weighted by Crippen LogP contribution is -2.42. The molecule has 0 bridgehead atoms. The summed E-state index contributed by atoms with van der Waals surface area (Å²) in [5.74, 6) is -1.43. The summed E-state index contributed by atoms with van der Waals surface area (Å²) in [6.45, 7) is 13.7. The third kappa shape index (κ3) is 6.74. The quantitative estimate of drug-likeness (QED) is 0.428. The van der Waals surface area contributed by atoms with E-state index in [1.54, 1.807) is 27.7 Å².